The van der Waals surface area contributed by atoms with Gasteiger partial charge in [-0.15, -0.1) is 5.10 Å². The van der Waals surface area contributed by atoms with Crippen molar-refractivity contribution in [3.63, 3.8) is 0 Å². The van der Waals surface area contributed by atoms with Crippen molar-refractivity contribution in [2.24, 2.45) is 5.92 Å². The van der Waals surface area contributed by atoms with Crippen LogP contribution in [0.1, 0.15) is 41.3 Å². The van der Waals surface area contributed by atoms with Gasteiger partial charge in [-0.2, -0.15) is 8.78 Å². The van der Waals surface area contributed by atoms with Crippen molar-refractivity contribution in [3.05, 3.63) is 155 Å². The third-order valence-electron chi connectivity index (χ3n) is 10.5. The molecule has 300 valence electrons. The van der Waals surface area contributed by atoms with Gasteiger partial charge < -0.3 is 24.3 Å². The molecule has 58 heavy (non-hydrogen) atoms. The first-order chi connectivity index (χ1) is 27.6. The summed E-state index contributed by atoms with van der Waals surface area (Å²) in [6, 6.07) is 36.7. The Labute approximate surface area is 333 Å². The Morgan fingerprint density at radius 3 is 2.03 bits per heavy atom. The predicted octanol–water partition coefficient (Wildman–Crippen LogP) is 8.12. The molecule has 2 aromatic heterocycles. The highest BCUT2D eigenvalue weighted by Crippen LogP contribution is 2.59. The lowest BCUT2D eigenvalue weighted by Gasteiger charge is -2.36. The van der Waals surface area contributed by atoms with E-state index in [-0.39, 0.29) is 17.2 Å². The average molecular weight is 827 g/mol. The van der Waals surface area contributed by atoms with Crippen LogP contribution < -0.4 is 5.30 Å². The minimum Gasteiger partial charge on any atom is -0.384 e. The van der Waals surface area contributed by atoms with Crippen molar-refractivity contribution in [2.75, 3.05) is 13.7 Å². The minimum absolute atomic E-state index is 0.151. The number of para-hydroxylation sites is 1. The van der Waals surface area contributed by atoms with Crippen molar-refractivity contribution >= 4 is 42.4 Å². The van der Waals surface area contributed by atoms with Gasteiger partial charge in [-0.25, -0.2) is 4.68 Å². The number of fused-ring (bicyclic) bond motifs is 2. The minimum atomic E-state index is -5.77. The third kappa shape index (κ3) is 8.44. The van der Waals surface area contributed by atoms with Gasteiger partial charge in [-0.1, -0.05) is 109 Å². The molecule has 15 heteroatoms. The molecule has 2 unspecified atom stereocenters. The summed E-state index contributed by atoms with van der Waals surface area (Å²) >= 11 is 0. The largest absolute Gasteiger partial charge is 0.399 e. The summed E-state index contributed by atoms with van der Waals surface area (Å²) in [7, 11) is -8.85. The van der Waals surface area contributed by atoms with E-state index in [4.69, 9.17) is 4.74 Å². The molecule has 0 amide bonds. The van der Waals surface area contributed by atoms with E-state index >= 15 is 0 Å². The first kappa shape index (κ1) is 41.2. The molecule has 11 nitrogen and oxygen atoms in total. The zero-order valence-corrected chi connectivity index (χ0v) is 33.5. The number of methoxy groups -OCH3 is 1. The van der Waals surface area contributed by atoms with Gasteiger partial charge in [0.1, 0.15) is 5.52 Å². The second kappa shape index (κ2) is 16.4. The van der Waals surface area contributed by atoms with E-state index in [2.05, 4.69) is 22.2 Å². The normalized spacial score (nSPS) is 14.1. The van der Waals surface area contributed by atoms with Crippen molar-refractivity contribution in [3.8, 4) is 11.1 Å². The molecule has 4 N–H and O–H groups in total. The van der Waals surface area contributed by atoms with Gasteiger partial charge in [0, 0.05) is 43.2 Å². The van der Waals surface area contributed by atoms with Crippen LogP contribution in [0.15, 0.2) is 127 Å². The molecule has 0 spiro atoms. The number of aromatic nitrogens is 4. The Hall–Kier alpha value is -4.97. The third-order valence-corrected chi connectivity index (χ3v) is 12.5. The van der Waals surface area contributed by atoms with E-state index in [1.165, 1.54) is 18.2 Å². The molecule has 0 bridgehead atoms. The number of hydrogen-bond donors (Lipinski definition) is 4. The van der Waals surface area contributed by atoms with Crippen molar-refractivity contribution in [1.82, 2.24) is 20.0 Å². The number of hydrogen-bond acceptors (Lipinski definition) is 6. The van der Waals surface area contributed by atoms with Gasteiger partial charge in [0.2, 0.25) is 0 Å². The topological polar surface area (TPSA) is 168 Å². The molecule has 5 aromatic carbocycles. The first-order valence-corrected chi connectivity index (χ1v) is 21.8. The predicted molar refractivity (Wildman–Crippen MR) is 219 cm³/mol. The van der Waals surface area contributed by atoms with Crippen LogP contribution in [0, 0.1) is 5.92 Å². The molecule has 2 heterocycles. The lowest BCUT2D eigenvalue weighted by atomic mass is 9.78. The number of rotatable bonds is 15. The van der Waals surface area contributed by atoms with Gasteiger partial charge in [0.05, 0.1) is 21.9 Å². The van der Waals surface area contributed by atoms with Crippen LogP contribution in [0.3, 0.4) is 0 Å². The second-order valence-corrected chi connectivity index (χ2v) is 18.0. The summed E-state index contributed by atoms with van der Waals surface area (Å²) in [5, 5.41) is 9.55. The maximum Gasteiger partial charge on any atom is 0.399 e. The molecular weight excluding hydrogens is 784 g/mol. The molecule has 7 aromatic rings. The van der Waals surface area contributed by atoms with E-state index in [0.717, 1.165) is 46.5 Å². The molecule has 0 radical (unpaired) electrons. The van der Waals surface area contributed by atoms with Gasteiger partial charge in [-0.3, -0.25) is 14.1 Å². The van der Waals surface area contributed by atoms with Gasteiger partial charge in [0.15, 0.2) is 0 Å². The van der Waals surface area contributed by atoms with E-state index in [1.54, 1.807) is 7.11 Å². The Kier molecular flexibility index (Phi) is 11.6. The number of alkyl halides is 2. The number of ether oxygens (including phenoxy) is 1. The Bertz CT molecular complexity index is 2650. The maximum atomic E-state index is 14.7. The lowest BCUT2D eigenvalue weighted by Crippen LogP contribution is -2.40. The van der Waals surface area contributed by atoms with E-state index < -0.39 is 32.0 Å². The Morgan fingerprint density at radius 1 is 0.759 bits per heavy atom. The van der Waals surface area contributed by atoms with Crippen LogP contribution in [0.25, 0.3) is 33.1 Å². The number of halogens is 2. The number of aryl methyl sites for hydroxylation is 1. The van der Waals surface area contributed by atoms with Crippen molar-refractivity contribution in [1.29, 1.82) is 0 Å². The fourth-order valence-electron chi connectivity index (χ4n) is 7.50. The molecule has 0 saturated heterocycles. The first-order valence-electron chi connectivity index (χ1n) is 18.6. The Balaban J connectivity index is 1.29. The summed E-state index contributed by atoms with van der Waals surface area (Å²) in [5.74, 6) is 0.299. The SMILES string of the molecule is COCC(C)CCc1ccc2cc(-c3ccc(CC(Cc4ccc(C(F)(F)P(=O)(O)O)cc4)(c4ccccc4)n4nnc5ccccc54)cc3)cc(P(=O)(O)O)c2n1. The van der Waals surface area contributed by atoms with Crippen molar-refractivity contribution in [2.45, 2.75) is 43.8 Å². The molecule has 0 aliphatic carbocycles. The lowest BCUT2D eigenvalue weighted by molar-refractivity contribution is 0.0564. The quantitative estimate of drug-likeness (QED) is 0.0742. The maximum absolute atomic E-state index is 14.7. The van der Waals surface area contributed by atoms with E-state index in [1.807, 2.05) is 102 Å². The summed E-state index contributed by atoms with van der Waals surface area (Å²) < 4.78 is 60.9. The number of nitrogens with zero attached hydrogens (tertiary/aromatic N) is 4. The monoisotopic (exact) mass is 826 g/mol. The number of pyridine rings is 1. The zero-order chi connectivity index (χ0) is 41.3. The Morgan fingerprint density at radius 2 is 1.40 bits per heavy atom. The molecule has 0 saturated carbocycles. The highest BCUT2D eigenvalue weighted by atomic mass is 31.2. The summed E-state index contributed by atoms with van der Waals surface area (Å²) in [4.78, 5) is 44.3. The fraction of sp³-hybridized carbons (Fsp3) is 0.233. The van der Waals surface area contributed by atoms with E-state index in [0.29, 0.717) is 47.4 Å². The van der Waals surface area contributed by atoms with Crippen molar-refractivity contribution < 1.29 is 42.2 Å². The standard InChI is InChI=1S/C43H42F2N4O7P2/c1-29(28-56-2)12-22-37-23-19-33-24-34(25-40(41(33)46-37)57(50,51)52)32-17-13-30(14-18-32)26-42(35-8-4-3-5-9-35,49-39-11-7-6-10-38(39)47-48-49)27-31-15-20-36(21-16-31)43(44,45)58(53,54)55/h3-11,13-21,23-25,29H,12,22,26-28H2,1-2H3,(H2,50,51,52)(H2,53,54,55). The summed E-state index contributed by atoms with van der Waals surface area (Å²) in [6.07, 6.45) is 2.01. The summed E-state index contributed by atoms with van der Waals surface area (Å²) in [6.45, 7) is 2.68. The van der Waals surface area contributed by atoms with Gasteiger partial charge >= 0.3 is 20.9 Å². The molecule has 2 atom stereocenters. The van der Waals surface area contributed by atoms with Gasteiger partial charge in [0.25, 0.3) is 0 Å². The van der Waals surface area contributed by atoms with Gasteiger partial charge in [-0.05, 0) is 76.9 Å². The second-order valence-electron chi connectivity index (χ2n) is 14.7. The van der Waals surface area contributed by atoms with Crippen LogP contribution in [-0.2, 0) is 44.3 Å². The molecule has 7 rings (SSSR count). The van der Waals surface area contributed by atoms with Crippen LogP contribution in [0.2, 0.25) is 0 Å². The fourth-order valence-corrected chi connectivity index (χ4v) is 8.75. The van der Waals surface area contributed by atoms with Crippen LogP contribution in [0.4, 0.5) is 8.78 Å². The molecule has 0 aliphatic rings. The van der Waals surface area contributed by atoms with E-state index in [9.17, 15) is 37.5 Å². The highest BCUT2D eigenvalue weighted by molar-refractivity contribution is 7.60. The molecule has 0 aliphatic heterocycles. The van der Waals surface area contributed by atoms with Crippen LogP contribution in [0.5, 0.6) is 0 Å². The summed E-state index contributed by atoms with van der Waals surface area (Å²) in [5.41, 5.74) is -0.134. The average Bonchev–Trinajstić information content (AvgIpc) is 3.64. The zero-order valence-electron chi connectivity index (χ0n) is 31.7. The molecular formula is C43H42F2N4O7P2. The number of benzene rings is 5. The molecule has 0 fully saturated rings. The highest BCUT2D eigenvalue weighted by Gasteiger charge is 2.50. The van der Waals surface area contributed by atoms with Crippen LogP contribution >= 0.6 is 15.2 Å². The smallest absolute Gasteiger partial charge is 0.384 e. The van der Waals surface area contributed by atoms with Crippen LogP contribution in [-0.4, -0.2) is 53.3 Å².